The van der Waals surface area contributed by atoms with Gasteiger partial charge in [-0.3, -0.25) is 15.1 Å². The fourth-order valence-electron chi connectivity index (χ4n) is 1.92. The van der Waals surface area contributed by atoms with Crippen molar-refractivity contribution in [1.29, 1.82) is 0 Å². The highest BCUT2D eigenvalue weighted by Crippen LogP contribution is 2.40. The van der Waals surface area contributed by atoms with Crippen LogP contribution in [-0.4, -0.2) is 16.7 Å². The van der Waals surface area contributed by atoms with Crippen LogP contribution in [0.15, 0.2) is 36.7 Å². The second-order valence-electron chi connectivity index (χ2n) is 4.19. The van der Waals surface area contributed by atoms with E-state index in [0.717, 1.165) is 5.56 Å². The van der Waals surface area contributed by atoms with Crippen LogP contribution in [0.25, 0.3) is 0 Å². The SMILES string of the molecule is O=[N+]([O-])c1cc2c(cc1NCc1cccnc1)OCO2. The van der Waals surface area contributed by atoms with Crippen molar-refractivity contribution in [1.82, 2.24) is 4.98 Å². The maximum atomic E-state index is 11.1. The lowest BCUT2D eigenvalue weighted by Gasteiger charge is -2.08. The van der Waals surface area contributed by atoms with Gasteiger partial charge in [-0.2, -0.15) is 0 Å². The number of nitro groups is 1. The van der Waals surface area contributed by atoms with E-state index in [2.05, 4.69) is 10.3 Å². The molecule has 0 saturated heterocycles. The van der Waals surface area contributed by atoms with Crippen molar-refractivity contribution in [3.63, 3.8) is 0 Å². The Kier molecular flexibility index (Phi) is 3.08. The summed E-state index contributed by atoms with van der Waals surface area (Å²) in [6.07, 6.45) is 3.37. The Labute approximate surface area is 114 Å². The van der Waals surface area contributed by atoms with Gasteiger partial charge in [0.05, 0.1) is 11.0 Å². The van der Waals surface area contributed by atoms with E-state index in [-0.39, 0.29) is 12.5 Å². The van der Waals surface area contributed by atoms with Crippen molar-refractivity contribution in [2.75, 3.05) is 12.1 Å². The molecule has 0 unspecified atom stereocenters. The number of ether oxygens (including phenoxy) is 2. The third-order valence-electron chi connectivity index (χ3n) is 2.89. The Morgan fingerprint density at radius 3 is 2.85 bits per heavy atom. The van der Waals surface area contributed by atoms with Crippen LogP contribution in [0.1, 0.15) is 5.56 Å². The highest BCUT2D eigenvalue weighted by atomic mass is 16.7. The van der Waals surface area contributed by atoms with Gasteiger partial charge in [0.25, 0.3) is 5.69 Å². The number of rotatable bonds is 4. The third-order valence-corrected chi connectivity index (χ3v) is 2.89. The molecule has 0 aliphatic carbocycles. The summed E-state index contributed by atoms with van der Waals surface area (Å²) in [6.45, 7) is 0.521. The van der Waals surface area contributed by atoms with E-state index in [1.54, 1.807) is 18.5 Å². The average molecular weight is 273 g/mol. The Hall–Kier alpha value is -2.83. The molecule has 1 aliphatic heterocycles. The summed E-state index contributed by atoms with van der Waals surface area (Å²) in [5.74, 6) is 0.896. The zero-order valence-electron chi connectivity index (χ0n) is 10.4. The first-order chi connectivity index (χ1) is 9.74. The largest absolute Gasteiger partial charge is 0.454 e. The van der Waals surface area contributed by atoms with E-state index in [9.17, 15) is 10.1 Å². The minimum atomic E-state index is -0.451. The minimum Gasteiger partial charge on any atom is -0.454 e. The van der Waals surface area contributed by atoms with Crippen LogP contribution in [0, 0.1) is 10.1 Å². The number of anilines is 1. The predicted octanol–water partition coefficient (Wildman–Crippen LogP) is 2.33. The lowest BCUT2D eigenvalue weighted by molar-refractivity contribution is -0.384. The van der Waals surface area contributed by atoms with Gasteiger partial charge in [-0.15, -0.1) is 0 Å². The molecule has 0 radical (unpaired) electrons. The Bertz CT molecular complexity index is 646. The average Bonchev–Trinajstić information content (AvgIpc) is 2.92. The molecule has 20 heavy (non-hydrogen) atoms. The zero-order chi connectivity index (χ0) is 13.9. The molecule has 102 valence electrons. The van der Waals surface area contributed by atoms with Crippen LogP contribution in [0.3, 0.4) is 0 Å². The molecule has 0 spiro atoms. The van der Waals surface area contributed by atoms with Gasteiger partial charge in [0, 0.05) is 25.0 Å². The van der Waals surface area contributed by atoms with Crippen molar-refractivity contribution >= 4 is 11.4 Å². The molecule has 2 heterocycles. The lowest BCUT2D eigenvalue weighted by Crippen LogP contribution is -2.03. The molecule has 2 aromatic rings. The topological polar surface area (TPSA) is 86.5 Å². The second kappa shape index (κ2) is 5.04. The molecule has 1 aromatic carbocycles. The van der Waals surface area contributed by atoms with Gasteiger partial charge in [-0.25, -0.2) is 0 Å². The first-order valence-corrected chi connectivity index (χ1v) is 5.95. The molecule has 0 saturated carbocycles. The van der Waals surface area contributed by atoms with Crippen LogP contribution in [0.2, 0.25) is 0 Å². The van der Waals surface area contributed by atoms with Gasteiger partial charge in [0.1, 0.15) is 5.69 Å². The molecule has 7 heteroatoms. The van der Waals surface area contributed by atoms with Crippen LogP contribution in [-0.2, 0) is 6.54 Å². The molecule has 0 fully saturated rings. The summed E-state index contributed by atoms with van der Waals surface area (Å²) < 4.78 is 10.4. The standard InChI is InChI=1S/C13H11N3O4/c17-16(18)11-5-13-12(19-8-20-13)4-10(11)15-7-9-2-1-3-14-6-9/h1-6,15H,7-8H2. The van der Waals surface area contributed by atoms with Crippen LogP contribution >= 0.6 is 0 Å². The van der Waals surface area contributed by atoms with Crippen molar-refractivity contribution in [3.8, 4) is 11.5 Å². The van der Waals surface area contributed by atoms with Crippen molar-refractivity contribution < 1.29 is 14.4 Å². The Balaban J connectivity index is 1.86. The van der Waals surface area contributed by atoms with Crippen molar-refractivity contribution in [2.24, 2.45) is 0 Å². The first kappa shape index (κ1) is 12.2. The Morgan fingerprint density at radius 1 is 1.35 bits per heavy atom. The lowest BCUT2D eigenvalue weighted by atomic mass is 10.2. The molecule has 7 nitrogen and oxygen atoms in total. The summed E-state index contributed by atoms with van der Waals surface area (Å²) in [4.78, 5) is 14.6. The molecule has 3 rings (SSSR count). The number of nitrogens with zero attached hydrogens (tertiary/aromatic N) is 2. The molecular weight excluding hydrogens is 262 g/mol. The minimum absolute atomic E-state index is 0.0434. The van der Waals surface area contributed by atoms with E-state index in [1.807, 2.05) is 12.1 Å². The molecule has 0 atom stereocenters. The van der Waals surface area contributed by atoms with Gasteiger partial charge in [-0.1, -0.05) is 6.07 Å². The molecular formula is C13H11N3O4. The van der Waals surface area contributed by atoms with Gasteiger partial charge in [0.2, 0.25) is 6.79 Å². The van der Waals surface area contributed by atoms with Gasteiger partial charge in [0.15, 0.2) is 11.5 Å². The van der Waals surface area contributed by atoms with Crippen LogP contribution in [0.5, 0.6) is 11.5 Å². The highest BCUT2D eigenvalue weighted by Gasteiger charge is 2.23. The summed E-state index contributed by atoms with van der Waals surface area (Å²) in [7, 11) is 0. The Morgan fingerprint density at radius 2 is 2.15 bits per heavy atom. The quantitative estimate of drug-likeness (QED) is 0.679. The fraction of sp³-hybridized carbons (Fsp3) is 0.154. The maximum absolute atomic E-state index is 11.1. The number of hydrogen-bond acceptors (Lipinski definition) is 6. The van der Waals surface area contributed by atoms with E-state index < -0.39 is 4.92 Å². The summed E-state index contributed by atoms with van der Waals surface area (Å²) in [6, 6.07) is 6.65. The number of fused-ring (bicyclic) bond motifs is 1. The monoisotopic (exact) mass is 273 g/mol. The van der Waals surface area contributed by atoms with Gasteiger partial charge < -0.3 is 14.8 Å². The molecule has 0 bridgehead atoms. The van der Waals surface area contributed by atoms with E-state index in [0.29, 0.717) is 23.7 Å². The van der Waals surface area contributed by atoms with Crippen molar-refractivity contribution in [3.05, 3.63) is 52.3 Å². The molecule has 0 amide bonds. The first-order valence-electron chi connectivity index (χ1n) is 5.95. The number of nitro benzene ring substituents is 1. The number of benzene rings is 1. The summed E-state index contributed by atoms with van der Waals surface area (Å²) in [5, 5.41) is 14.1. The highest BCUT2D eigenvalue weighted by molar-refractivity contribution is 5.69. The van der Waals surface area contributed by atoms with E-state index >= 15 is 0 Å². The predicted molar refractivity (Wildman–Crippen MR) is 70.8 cm³/mol. The van der Waals surface area contributed by atoms with E-state index in [4.69, 9.17) is 9.47 Å². The number of pyridine rings is 1. The zero-order valence-corrected chi connectivity index (χ0v) is 10.4. The number of nitrogens with one attached hydrogen (secondary N) is 1. The van der Waals surface area contributed by atoms with Crippen LogP contribution in [0.4, 0.5) is 11.4 Å². The number of hydrogen-bond donors (Lipinski definition) is 1. The molecule has 1 aliphatic rings. The normalized spacial score (nSPS) is 12.2. The second-order valence-corrected chi connectivity index (χ2v) is 4.19. The number of aromatic nitrogens is 1. The van der Waals surface area contributed by atoms with E-state index in [1.165, 1.54) is 6.07 Å². The smallest absolute Gasteiger partial charge is 0.296 e. The fourth-order valence-corrected chi connectivity index (χ4v) is 1.92. The van der Waals surface area contributed by atoms with Crippen LogP contribution < -0.4 is 14.8 Å². The summed E-state index contributed by atoms with van der Waals surface area (Å²) >= 11 is 0. The van der Waals surface area contributed by atoms with Gasteiger partial charge in [-0.05, 0) is 11.6 Å². The maximum Gasteiger partial charge on any atom is 0.296 e. The molecule has 1 aromatic heterocycles. The molecule has 1 N–H and O–H groups in total. The van der Waals surface area contributed by atoms with Gasteiger partial charge >= 0.3 is 0 Å². The summed E-state index contributed by atoms with van der Waals surface area (Å²) in [5.41, 5.74) is 1.28. The van der Waals surface area contributed by atoms with Crippen molar-refractivity contribution in [2.45, 2.75) is 6.54 Å². The third kappa shape index (κ3) is 2.33.